The molecule has 0 aliphatic rings. The molecule has 0 fully saturated rings. The van der Waals surface area contributed by atoms with E-state index < -0.39 is 6.04 Å². The van der Waals surface area contributed by atoms with Gasteiger partial charge in [-0.1, -0.05) is 64.2 Å². The number of benzene rings is 2. The van der Waals surface area contributed by atoms with E-state index >= 15 is 0 Å². The molecule has 6 heteroatoms. The number of nitrogens with one attached hydrogen (secondary N) is 2. The molecule has 1 aromatic heterocycles. The molecule has 0 spiro atoms. The van der Waals surface area contributed by atoms with Gasteiger partial charge in [-0.25, -0.2) is 4.98 Å². The maximum atomic E-state index is 13.0. The Kier molecular flexibility index (Phi) is 6.51. The summed E-state index contributed by atoms with van der Waals surface area (Å²) in [6.07, 6.45) is 0. The summed E-state index contributed by atoms with van der Waals surface area (Å²) < 4.78 is 1.04. The fourth-order valence-corrected chi connectivity index (χ4v) is 4.53. The fraction of sp³-hybridized carbons (Fsp3) is 0.400. The second-order valence-electron chi connectivity index (χ2n) is 9.46. The standard InChI is InChI=1S/C25H31N3O2S/c1-14(2)20(26-22(29)17-8-10-18(11-9-17)25(5,6)7)23(30)28-24-27-21-16(4)12-15(3)13-19(21)31-24/h8-14,20H,1-7H3,(H,26,29)(H,27,28,30). The molecule has 2 aromatic carbocycles. The number of thiazole rings is 1. The Morgan fingerprint density at radius 2 is 1.68 bits per heavy atom. The van der Waals surface area contributed by atoms with Crippen molar-refractivity contribution >= 4 is 38.5 Å². The molecule has 5 nitrogen and oxygen atoms in total. The van der Waals surface area contributed by atoms with Crippen molar-refractivity contribution in [1.82, 2.24) is 10.3 Å². The molecule has 3 rings (SSSR count). The number of rotatable bonds is 5. The maximum Gasteiger partial charge on any atom is 0.251 e. The van der Waals surface area contributed by atoms with Gasteiger partial charge in [0.1, 0.15) is 6.04 Å². The molecule has 1 heterocycles. The van der Waals surface area contributed by atoms with E-state index in [4.69, 9.17) is 0 Å². The minimum Gasteiger partial charge on any atom is -0.340 e. The van der Waals surface area contributed by atoms with Crippen molar-refractivity contribution in [2.45, 2.75) is 59.9 Å². The molecule has 31 heavy (non-hydrogen) atoms. The number of aromatic nitrogens is 1. The number of fused-ring (bicyclic) bond motifs is 1. The molecule has 164 valence electrons. The van der Waals surface area contributed by atoms with Crippen LogP contribution in [0.25, 0.3) is 10.2 Å². The smallest absolute Gasteiger partial charge is 0.251 e. The molecule has 0 aliphatic heterocycles. The van der Waals surface area contributed by atoms with Crippen LogP contribution in [0.15, 0.2) is 36.4 Å². The van der Waals surface area contributed by atoms with Gasteiger partial charge in [0.05, 0.1) is 10.2 Å². The number of carbonyl (C=O) groups excluding carboxylic acids is 2. The van der Waals surface area contributed by atoms with E-state index in [-0.39, 0.29) is 23.1 Å². The lowest BCUT2D eigenvalue weighted by Crippen LogP contribution is -2.47. The molecule has 2 amide bonds. The number of nitrogens with zero attached hydrogens (tertiary/aromatic N) is 1. The number of carbonyl (C=O) groups is 2. The molecule has 0 bridgehead atoms. The molecule has 0 saturated carbocycles. The number of hydrogen-bond donors (Lipinski definition) is 2. The highest BCUT2D eigenvalue weighted by atomic mass is 32.1. The highest BCUT2D eigenvalue weighted by Crippen LogP contribution is 2.29. The van der Waals surface area contributed by atoms with Gasteiger partial charge in [-0.2, -0.15) is 0 Å². The fourth-order valence-electron chi connectivity index (χ4n) is 3.49. The number of hydrogen-bond acceptors (Lipinski definition) is 4. The first kappa shape index (κ1) is 22.9. The van der Waals surface area contributed by atoms with Gasteiger partial charge in [0.25, 0.3) is 5.91 Å². The van der Waals surface area contributed by atoms with E-state index in [9.17, 15) is 9.59 Å². The monoisotopic (exact) mass is 437 g/mol. The summed E-state index contributed by atoms with van der Waals surface area (Å²) in [5, 5.41) is 6.33. The molecular weight excluding hydrogens is 406 g/mol. The number of amides is 2. The van der Waals surface area contributed by atoms with Crippen LogP contribution in [0.5, 0.6) is 0 Å². The summed E-state index contributed by atoms with van der Waals surface area (Å²) in [5.41, 5.74) is 4.86. The summed E-state index contributed by atoms with van der Waals surface area (Å²) in [6, 6.07) is 11.0. The van der Waals surface area contributed by atoms with Crippen LogP contribution in [-0.4, -0.2) is 22.8 Å². The molecule has 1 unspecified atom stereocenters. The predicted molar refractivity (Wildman–Crippen MR) is 129 cm³/mol. The summed E-state index contributed by atoms with van der Waals surface area (Å²) in [5.74, 6) is -0.593. The van der Waals surface area contributed by atoms with Crippen LogP contribution in [0.2, 0.25) is 0 Å². The van der Waals surface area contributed by atoms with Crippen molar-refractivity contribution in [3.63, 3.8) is 0 Å². The lowest BCUT2D eigenvalue weighted by atomic mass is 9.86. The van der Waals surface area contributed by atoms with E-state index in [1.165, 1.54) is 11.3 Å². The Morgan fingerprint density at radius 3 is 2.26 bits per heavy atom. The molecule has 1 atom stereocenters. The van der Waals surface area contributed by atoms with Crippen LogP contribution < -0.4 is 10.6 Å². The third-order valence-electron chi connectivity index (χ3n) is 5.31. The third-order valence-corrected chi connectivity index (χ3v) is 6.23. The Labute approximate surface area is 188 Å². The average Bonchev–Trinajstić information content (AvgIpc) is 3.07. The molecule has 0 radical (unpaired) electrons. The van der Waals surface area contributed by atoms with Crippen molar-refractivity contribution < 1.29 is 9.59 Å². The Bertz CT molecular complexity index is 1110. The van der Waals surface area contributed by atoms with Crippen LogP contribution >= 0.6 is 11.3 Å². The normalized spacial score (nSPS) is 12.8. The van der Waals surface area contributed by atoms with E-state index in [1.807, 2.05) is 52.0 Å². The van der Waals surface area contributed by atoms with Crippen LogP contribution in [-0.2, 0) is 10.2 Å². The molecule has 3 aromatic rings. The quantitative estimate of drug-likeness (QED) is 0.545. The summed E-state index contributed by atoms with van der Waals surface area (Å²) in [7, 11) is 0. The van der Waals surface area contributed by atoms with Gasteiger partial charge in [0.2, 0.25) is 5.91 Å². The van der Waals surface area contributed by atoms with Gasteiger partial charge in [-0.15, -0.1) is 0 Å². The highest BCUT2D eigenvalue weighted by molar-refractivity contribution is 7.22. The third kappa shape index (κ3) is 5.31. The van der Waals surface area contributed by atoms with E-state index in [2.05, 4.69) is 48.5 Å². The van der Waals surface area contributed by atoms with Crippen molar-refractivity contribution in [2.24, 2.45) is 5.92 Å². The predicted octanol–water partition coefficient (Wildman–Crippen LogP) is 5.60. The van der Waals surface area contributed by atoms with E-state index in [0.717, 1.165) is 26.9 Å². The number of aryl methyl sites for hydroxylation is 2. The van der Waals surface area contributed by atoms with Gasteiger partial charge in [-0.05, 0) is 60.1 Å². The SMILES string of the molecule is Cc1cc(C)c2nc(NC(=O)C(NC(=O)c3ccc(C(C)(C)C)cc3)C(C)C)sc2c1. The van der Waals surface area contributed by atoms with Crippen LogP contribution in [0.4, 0.5) is 5.13 Å². The summed E-state index contributed by atoms with van der Waals surface area (Å²) in [6.45, 7) is 14.3. The van der Waals surface area contributed by atoms with E-state index in [0.29, 0.717) is 10.7 Å². The maximum absolute atomic E-state index is 13.0. The van der Waals surface area contributed by atoms with Crippen LogP contribution in [0.3, 0.4) is 0 Å². The van der Waals surface area contributed by atoms with Crippen LogP contribution in [0, 0.1) is 19.8 Å². The first-order valence-corrected chi connectivity index (χ1v) is 11.4. The molecule has 0 aliphatic carbocycles. The molecular formula is C25H31N3O2S. The Morgan fingerprint density at radius 1 is 1.03 bits per heavy atom. The topological polar surface area (TPSA) is 71.1 Å². The zero-order chi connectivity index (χ0) is 22.9. The zero-order valence-corrected chi connectivity index (χ0v) is 20.1. The first-order chi connectivity index (χ1) is 14.5. The second-order valence-corrected chi connectivity index (χ2v) is 10.5. The van der Waals surface area contributed by atoms with Gasteiger partial charge < -0.3 is 10.6 Å². The van der Waals surface area contributed by atoms with Crippen molar-refractivity contribution in [1.29, 1.82) is 0 Å². The van der Waals surface area contributed by atoms with Gasteiger partial charge in [0, 0.05) is 5.56 Å². The van der Waals surface area contributed by atoms with Crippen molar-refractivity contribution in [3.05, 3.63) is 58.7 Å². The van der Waals surface area contributed by atoms with Crippen molar-refractivity contribution in [3.8, 4) is 0 Å². The van der Waals surface area contributed by atoms with Crippen LogP contribution in [0.1, 0.15) is 61.7 Å². The highest BCUT2D eigenvalue weighted by Gasteiger charge is 2.26. The zero-order valence-electron chi connectivity index (χ0n) is 19.3. The number of anilines is 1. The lowest BCUT2D eigenvalue weighted by Gasteiger charge is -2.22. The Balaban J connectivity index is 1.75. The lowest BCUT2D eigenvalue weighted by molar-refractivity contribution is -0.118. The van der Waals surface area contributed by atoms with E-state index in [1.54, 1.807) is 0 Å². The minimum absolute atomic E-state index is 0.0174. The second kappa shape index (κ2) is 8.79. The van der Waals surface area contributed by atoms with Gasteiger partial charge in [0.15, 0.2) is 5.13 Å². The first-order valence-electron chi connectivity index (χ1n) is 10.6. The van der Waals surface area contributed by atoms with Gasteiger partial charge >= 0.3 is 0 Å². The molecule has 0 saturated heterocycles. The van der Waals surface area contributed by atoms with Gasteiger partial charge in [-0.3, -0.25) is 9.59 Å². The Hall–Kier alpha value is -2.73. The summed E-state index contributed by atoms with van der Waals surface area (Å²) in [4.78, 5) is 30.4. The summed E-state index contributed by atoms with van der Waals surface area (Å²) >= 11 is 1.45. The van der Waals surface area contributed by atoms with Crippen molar-refractivity contribution in [2.75, 3.05) is 5.32 Å². The minimum atomic E-state index is -0.662. The largest absolute Gasteiger partial charge is 0.340 e. The molecule has 2 N–H and O–H groups in total. The average molecular weight is 438 g/mol.